The van der Waals surface area contributed by atoms with E-state index in [1.165, 1.54) is 10.6 Å². The Labute approximate surface area is 224 Å². The van der Waals surface area contributed by atoms with Gasteiger partial charge >= 0.3 is 0 Å². The molecule has 0 radical (unpaired) electrons. The van der Waals surface area contributed by atoms with Crippen molar-refractivity contribution >= 4 is 11.6 Å². The molecule has 0 saturated heterocycles. The van der Waals surface area contributed by atoms with Crippen LogP contribution in [0.5, 0.6) is 5.75 Å². The third-order valence-corrected chi connectivity index (χ3v) is 6.78. The topological polar surface area (TPSA) is 103 Å². The molecule has 5 rings (SSSR count). The van der Waals surface area contributed by atoms with Gasteiger partial charge in [-0.3, -0.25) is 19.3 Å². The Morgan fingerprint density at radius 2 is 1.89 bits per heavy atom. The highest BCUT2D eigenvalue weighted by Crippen LogP contribution is 2.40. The normalized spacial score (nSPS) is 13.6. The molecule has 0 bridgehead atoms. The van der Waals surface area contributed by atoms with Gasteiger partial charge in [0.25, 0.3) is 5.56 Å². The highest BCUT2D eigenvalue weighted by Gasteiger charge is 2.25. The fourth-order valence-electron chi connectivity index (χ4n) is 4.15. The summed E-state index contributed by atoms with van der Waals surface area (Å²) in [4.78, 5) is 30.6. The van der Waals surface area contributed by atoms with E-state index in [0.717, 1.165) is 24.0 Å². The second-order valence-electron chi connectivity index (χ2n) is 10.0. The van der Waals surface area contributed by atoms with Crippen molar-refractivity contribution in [1.82, 2.24) is 24.5 Å². The van der Waals surface area contributed by atoms with E-state index in [-0.39, 0.29) is 28.9 Å². The summed E-state index contributed by atoms with van der Waals surface area (Å²) < 4.78 is 21.7. The standard InChI is InChI=1S/C28H27ClFN5O3/c1-15-12-32-21(20-7-8-31-27(34-20)28(3,4)37)11-23(15)35-16(2)9-24(25(29)26(35)36)38-14-22-19(30)10-18(13-33-22)17-5-6-17/h7-13,17,37H,5-6,14H2,1-4H3. The van der Waals surface area contributed by atoms with Crippen LogP contribution in [0.3, 0.4) is 0 Å². The zero-order valence-corrected chi connectivity index (χ0v) is 22.3. The molecule has 4 aromatic rings. The van der Waals surface area contributed by atoms with Gasteiger partial charge in [0.15, 0.2) is 5.82 Å². The van der Waals surface area contributed by atoms with Gasteiger partial charge in [0.05, 0.1) is 17.1 Å². The molecule has 1 fully saturated rings. The van der Waals surface area contributed by atoms with Crippen LogP contribution in [0.4, 0.5) is 4.39 Å². The number of aromatic nitrogens is 5. The maximum Gasteiger partial charge on any atom is 0.277 e. The van der Waals surface area contributed by atoms with Crippen molar-refractivity contribution < 1.29 is 14.2 Å². The zero-order valence-electron chi connectivity index (χ0n) is 21.5. The predicted molar refractivity (Wildman–Crippen MR) is 141 cm³/mol. The van der Waals surface area contributed by atoms with Crippen LogP contribution >= 0.6 is 11.6 Å². The molecule has 1 aliphatic carbocycles. The van der Waals surface area contributed by atoms with E-state index in [4.69, 9.17) is 16.3 Å². The highest BCUT2D eigenvalue weighted by molar-refractivity contribution is 6.31. The lowest BCUT2D eigenvalue weighted by Gasteiger charge is -2.18. The number of pyridine rings is 3. The van der Waals surface area contributed by atoms with Crippen LogP contribution in [0.1, 0.15) is 60.9 Å². The van der Waals surface area contributed by atoms with Crippen molar-refractivity contribution in [2.24, 2.45) is 0 Å². The molecule has 4 heterocycles. The van der Waals surface area contributed by atoms with Gasteiger partial charge in [0.1, 0.15) is 34.5 Å². The molecule has 4 aromatic heterocycles. The fourth-order valence-corrected chi connectivity index (χ4v) is 4.34. The van der Waals surface area contributed by atoms with E-state index < -0.39 is 17.0 Å². The summed E-state index contributed by atoms with van der Waals surface area (Å²) in [6.45, 7) is 6.63. The summed E-state index contributed by atoms with van der Waals surface area (Å²) in [6.07, 6.45) is 6.98. The van der Waals surface area contributed by atoms with Crippen molar-refractivity contribution in [3.8, 4) is 22.8 Å². The van der Waals surface area contributed by atoms with Gasteiger partial charge in [0, 0.05) is 30.4 Å². The summed E-state index contributed by atoms with van der Waals surface area (Å²) in [6, 6.07) is 6.55. The van der Waals surface area contributed by atoms with Crippen molar-refractivity contribution in [2.45, 2.75) is 58.7 Å². The minimum absolute atomic E-state index is 0.130. The lowest BCUT2D eigenvalue weighted by atomic mass is 10.1. The van der Waals surface area contributed by atoms with Gasteiger partial charge < -0.3 is 9.84 Å². The Hall–Kier alpha value is -3.69. The summed E-state index contributed by atoms with van der Waals surface area (Å²) in [7, 11) is 0. The van der Waals surface area contributed by atoms with E-state index in [2.05, 4.69) is 19.9 Å². The number of rotatable bonds is 7. The second kappa shape index (κ2) is 9.89. The number of halogens is 2. The van der Waals surface area contributed by atoms with Crippen molar-refractivity contribution in [2.75, 3.05) is 0 Å². The van der Waals surface area contributed by atoms with E-state index in [1.807, 2.05) is 6.92 Å². The minimum Gasteiger partial charge on any atom is -0.485 e. The van der Waals surface area contributed by atoms with Crippen LogP contribution in [0.15, 0.2) is 47.7 Å². The first-order chi connectivity index (χ1) is 18.0. The van der Waals surface area contributed by atoms with Gasteiger partial charge in [-0.05, 0) is 75.8 Å². The summed E-state index contributed by atoms with van der Waals surface area (Å²) >= 11 is 6.44. The van der Waals surface area contributed by atoms with Gasteiger partial charge in [-0.1, -0.05) is 11.6 Å². The first-order valence-corrected chi connectivity index (χ1v) is 12.6. The quantitative estimate of drug-likeness (QED) is 0.348. The Morgan fingerprint density at radius 3 is 2.58 bits per heavy atom. The molecule has 0 unspecified atom stereocenters. The van der Waals surface area contributed by atoms with Gasteiger partial charge in [-0.15, -0.1) is 0 Å². The fraction of sp³-hybridized carbons (Fsp3) is 0.321. The molecule has 1 N–H and O–H groups in total. The van der Waals surface area contributed by atoms with Crippen LogP contribution in [0.2, 0.25) is 5.02 Å². The molecule has 0 aromatic carbocycles. The summed E-state index contributed by atoms with van der Waals surface area (Å²) in [5.74, 6) is 0.361. The third-order valence-electron chi connectivity index (χ3n) is 6.43. The smallest absolute Gasteiger partial charge is 0.277 e. The van der Waals surface area contributed by atoms with Crippen LogP contribution in [0, 0.1) is 19.7 Å². The second-order valence-corrected chi connectivity index (χ2v) is 10.4. The number of aryl methyl sites for hydroxylation is 2. The Morgan fingerprint density at radius 1 is 1.13 bits per heavy atom. The van der Waals surface area contributed by atoms with Crippen LogP contribution in [0.25, 0.3) is 17.1 Å². The molecule has 0 aliphatic heterocycles. The van der Waals surface area contributed by atoms with Crippen molar-refractivity contribution in [3.63, 3.8) is 0 Å². The number of nitrogens with zero attached hydrogens (tertiary/aromatic N) is 5. The molecule has 8 nitrogen and oxygen atoms in total. The lowest BCUT2D eigenvalue weighted by molar-refractivity contribution is 0.0688. The summed E-state index contributed by atoms with van der Waals surface area (Å²) in [5, 5.41) is 10.2. The zero-order chi connectivity index (χ0) is 27.2. The minimum atomic E-state index is -1.22. The van der Waals surface area contributed by atoms with E-state index in [9.17, 15) is 14.3 Å². The molecule has 38 heavy (non-hydrogen) atoms. The van der Waals surface area contributed by atoms with Crippen molar-refractivity contribution in [1.29, 1.82) is 0 Å². The predicted octanol–water partition coefficient (Wildman–Crippen LogP) is 5.18. The SMILES string of the molecule is Cc1cnc(-c2ccnc(C(C)(C)O)n2)cc1-n1c(C)cc(OCc2ncc(C3CC3)cc2F)c(Cl)c1=O. The Kier molecular flexibility index (Phi) is 6.75. The first kappa shape index (κ1) is 25.9. The maximum absolute atomic E-state index is 14.5. The van der Waals surface area contributed by atoms with Crippen LogP contribution in [-0.2, 0) is 12.2 Å². The van der Waals surface area contributed by atoms with Crippen LogP contribution in [-0.4, -0.2) is 29.6 Å². The number of hydrogen-bond acceptors (Lipinski definition) is 7. The molecule has 0 amide bonds. The highest BCUT2D eigenvalue weighted by atomic mass is 35.5. The molecule has 0 atom stereocenters. The van der Waals surface area contributed by atoms with E-state index >= 15 is 0 Å². The average molecular weight is 536 g/mol. The lowest BCUT2D eigenvalue weighted by Crippen LogP contribution is -2.23. The molecule has 10 heteroatoms. The molecule has 0 spiro atoms. The molecular weight excluding hydrogens is 509 g/mol. The number of hydrogen-bond donors (Lipinski definition) is 1. The van der Waals surface area contributed by atoms with Crippen LogP contribution < -0.4 is 10.3 Å². The van der Waals surface area contributed by atoms with Gasteiger partial charge in [-0.25, -0.2) is 14.4 Å². The van der Waals surface area contributed by atoms with Gasteiger partial charge in [-0.2, -0.15) is 0 Å². The summed E-state index contributed by atoms with van der Waals surface area (Å²) in [5.41, 5.74) is 2.20. The monoisotopic (exact) mass is 535 g/mol. The van der Waals surface area contributed by atoms with Gasteiger partial charge in [0.2, 0.25) is 0 Å². The number of ether oxygens (including phenoxy) is 1. The number of aliphatic hydroxyl groups is 1. The first-order valence-electron chi connectivity index (χ1n) is 12.3. The molecule has 196 valence electrons. The van der Waals surface area contributed by atoms with Crippen molar-refractivity contribution in [3.05, 3.63) is 92.4 Å². The van der Waals surface area contributed by atoms with E-state index in [1.54, 1.807) is 57.6 Å². The third kappa shape index (κ3) is 5.16. The van der Waals surface area contributed by atoms with E-state index in [0.29, 0.717) is 28.7 Å². The molecule has 1 aliphatic rings. The largest absolute Gasteiger partial charge is 0.485 e. The Bertz CT molecular complexity index is 1590. The Balaban J connectivity index is 1.46. The molecule has 1 saturated carbocycles. The average Bonchev–Trinajstić information content (AvgIpc) is 3.72. The molecular formula is C28H27ClFN5O3. The maximum atomic E-state index is 14.5.